The van der Waals surface area contributed by atoms with Crippen LogP contribution in [0.5, 0.6) is 5.88 Å². The van der Waals surface area contributed by atoms with E-state index in [1.165, 1.54) is 17.3 Å². The van der Waals surface area contributed by atoms with E-state index in [2.05, 4.69) is 20.3 Å². The van der Waals surface area contributed by atoms with E-state index in [1.54, 1.807) is 12.1 Å². The van der Waals surface area contributed by atoms with Gasteiger partial charge in [0.1, 0.15) is 18.2 Å². The molecule has 0 saturated carbocycles. The summed E-state index contributed by atoms with van der Waals surface area (Å²) in [6.07, 6.45) is 3.78. The molecule has 0 aliphatic rings. The SMILES string of the molecule is Cc1cccc(-n2c(O)c(/C=N/n3cnnc3)c(=O)[nH]c2=O)c1C. The summed E-state index contributed by atoms with van der Waals surface area (Å²) >= 11 is 0. The van der Waals surface area contributed by atoms with Crippen LogP contribution in [0.15, 0.2) is 45.5 Å². The second-order valence-corrected chi connectivity index (χ2v) is 5.14. The van der Waals surface area contributed by atoms with Gasteiger partial charge in [-0.15, -0.1) is 10.2 Å². The Labute approximate surface area is 135 Å². The van der Waals surface area contributed by atoms with E-state index in [-0.39, 0.29) is 5.56 Å². The van der Waals surface area contributed by atoms with Crippen LogP contribution >= 0.6 is 0 Å². The summed E-state index contributed by atoms with van der Waals surface area (Å²) in [5.74, 6) is -0.491. The molecule has 3 aromatic rings. The second kappa shape index (κ2) is 5.95. The summed E-state index contributed by atoms with van der Waals surface area (Å²) in [4.78, 5) is 26.4. The lowest BCUT2D eigenvalue weighted by Crippen LogP contribution is -2.31. The summed E-state index contributed by atoms with van der Waals surface area (Å²) in [6, 6.07) is 5.34. The molecule has 2 aromatic heterocycles. The number of nitrogens with one attached hydrogen (secondary N) is 1. The maximum Gasteiger partial charge on any atom is 0.335 e. The maximum absolute atomic E-state index is 12.2. The zero-order valence-electron chi connectivity index (χ0n) is 13.0. The first-order chi connectivity index (χ1) is 11.5. The molecule has 2 heterocycles. The highest BCUT2D eigenvalue weighted by Gasteiger charge is 2.16. The van der Waals surface area contributed by atoms with Crippen molar-refractivity contribution in [3.8, 4) is 11.6 Å². The fourth-order valence-corrected chi connectivity index (χ4v) is 2.24. The minimum absolute atomic E-state index is 0.149. The molecule has 122 valence electrons. The van der Waals surface area contributed by atoms with E-state index in [0.29, 0.717) is 5.69 Å². The lowest BCUT2D eigenvalue weighted by molar-refractivity contribution is 0.429. The van der Waals surface area contributed by atoms with Crippen LogP contribution in [-0.2, 0) is 0 Å². The predicted molar refractivity (Wildman–Crippen MR) is 86.8 cm³/mol. The molecule has 3 rings (SSSR count). The smallest absolute Gasteiger partial charge is 0.335 e. The van der Waals surface area contributed by atoms with Crippen molar-refractivity contribution in [2.75, 3.05) is 0 Å². The van der Waals surface area contributed by atoms with Gasteiger partial charge in [-0.25, -0.2) is 14.0 Å². The topological polar surface area (TPSA) is 118 Å². The maximum atomic E-state index is 12.2. The van der Waals surface area contributed by atoms with Gasteiger partial charge < -0.3 is 5.11 Å². The van der Waals surface area contributed by atoms with Crippen molar-refractivity contribution in [3.63, 3.8) is 0 Å². The molecule has 0 radical (unpaired) electrons. The molecule has 1 aromatic carbocycles. The highest BCUT2D eigenvalue weighted by molar-refractivity contribution is 5.82. The normalized spacial score (nSPS) is 11.2. The Morgan fingerprint density at radius 2 is 1.92 bits per heavy atom. The van der Waals surface area contributed by atoms with E-state index in [0.717, 1.165) is 21.9 Å². The Morgan fingerprint density at radius 1 is 1.21 bits per heavy atom. The van der Waals surface area contributed by atoms with Gasteiger partial charge in [-0.3, -0.25) is 9.78 Å². The van der Waals surface area contributed by atoms with Crippen LogP contribution in [0.1, 0.15) is 16.7 Å². The summed E-state index contributed by atoms with van der Waals surface area (Å²) in [5, 5.41) is 21.5. The van der Waals surface area contributed by atoms with E-state index < -0.39 is 17.1 Å². The Morgan fingerprint density at radius 3 is 2.62 bits per heavy atom. The van der Waals surface area contributed by atoms with Gasteiger partial charge in [0.2, 0.25) is 5.88 Å². The Kier molecular flexibility index (Phi) is 3.82. The number of H-pyrrole nitrogens is 1. The fraction of sp³-hybridized carbons (Fsp3) is 0.133. The number of benzene rings is 1. The first kappa shape index (κ1) is 15.4. The largest absolute Gasteiger partial charge is 0.493 e. The number of rotatable bonds is 3. The molecular weight excluding hydrogens is 312 g/mol. The lowest BCUT2D eigenvalue weighted by Gasteiger charge is -2.13. The van der Waals surface area contributed by atoms with Gasteiger partial charge in [-0.1, -0.05) is 12.1 Å². The number of aryl methyl sites for hydroxylation is 1. The molecule has 0 amide bonds. The summed E-state index contributed by atoms with van der Waals surface area (Å²) in [5.41, 5.74) is 0.619. The number of aromatic hydroxyl groups is 1. The minimum Gasteiger partial charge on any atom is -0.493 e. The molecular formula is C15H14N6O3. The van der Waals surface area contributed by atoms with Gasteiger partial charge in [0.05, 0.1) is 11.9 Å². The molecule has 9 heteroatoms. The first-order valence-electron chi connectivity index (χ1n) is 7.03. The first-order valence-corrected chi connectivity index (χ1v) is 7.03. The summed E-state index contributed by atoms with van der Waals surface area (Å²) in [6.45, 7) is 3.72. The van der Waals surface area contributed by atoms with Crippen LogP contribution in [0.4, 0.5) is 0 Å². The van der Waals surface area contributed by atoms with Crippen LogP contribution in [0.2, 0.25) is 0 Å². The molecule has 24 heavy (non-hydrogen) atoms. The molecule has 0 atom stereocenters. The van der Waals surface area contributed by atoms with Crippen molar-refractivity contribution < 1.29 is 5.11 Å². The number of nitrogens with zero attached hydrogens (tertiary/aromatic N) is 5. The fourth-order valence-electron chi connectivity index (χ4n) is 2.24. The molecule has 2 N–H and O–H groups in total. The highest BCUT2D eigenvalue weighted by Crippen LogP contribution is 2.20. The third-order valence-electron chi connectivity index (χ3n) is 3.66. The molecule has 0 unspecified atom stereocenters. The average molecular weight is 326 g/mol. The van der Waals surface area contributed by atoms with Crippen molar-refractivity contribution in [3.05, 3.63) is 68.4 Å². The zero-order valence-corrected chi connectivity index (χ0v) is 13.0. The summed E-state index contributed by atoms with van der Waals surface area (Å²) < 4.78 is 2.30. The molecule has 0 spiro atoms. The van der Waals surface area contributed by atoms with Crippen molar-refractivity contribution in [2.24, 2.45) is 5.10 Å². The Bertz CT molecular complexity index is 1030. The van der Waals surface area contributed by atoms with Crippen LogP contribution in [-0.4, -0.2) is 35.7 Å². The van der Waals surface area contributed by atoms with Gasteiger partial charge in [0.25, 0.3) is 5.56 Å². The molecule has 9 nitrogen and oxygen atoms in total. The number of hydrogen-bond acceptors (Lipinski definition) is 6. The van der Waals surface area contributed by atoms with E-state index >= 15 is 0 Å². The highest BCUT2D eigenvalue weighted by atomic mass is 16.3. The third-order valence-corrected chi connectivity index (χ3v) is 3.66. The Hall–Kier alpha value is -3.49. The minimum atomic E-state index is -0.740. The third kappa shape index (κ3) is 2.62. The molecule has 0 fully saturated rings. The van der Waals surface area contributed by atoms with Crippen molar-refractivity contribution in [1.82, 2.24) is 24.4 Å². The Balaban J connectivity index is 2.22. The van der Waals surface area contributed by atoms with Crippen molar-refractivity contribution in [1.29, 1.82) is 0 Å². The molecule has 0 saturated heterocycles. The number of hydrogen-bond donors (Lipinski definition) is 2. The lowest BCUT2D eigenvalue weighted by atomic mass is 10.1. The van der Waals surface area contributed by atoms with Crippen LogP contribution < -0.4 is 11.2 Å². The van der Waals surface area contributed by atoms with E-state index in [1.807, 2.05) is 19.9 Å². The number of aromatic nitrogens is 5. The van der Waals surface area contributed by atoms with Crippen molar-refractivity contribution in [2.45, 2.75) is 13.8 Å². The predicted octanol–water partition coefficient (Wildman–Crippen LogP) is 0.322. The quantitative estimate of drug-likeness (QED) is 0.672. The monoisotopic (exact) mass is 326 g/mol. The van der Waals surface area contributed by atoms with Gasteiger partial charge in [-0.2, -0.15) is 5.10 Å². The van der Waals surface area contributed by atoms with Gasteiger partial charge >= 0.3 is 5.69 Å². The average Bonchev–Trinajstić information content (AvgIpc) is 3.04. The standard InChI is InChI=1S/C15H14N6O3/c1-9-4-3-5-12(10(9)2)21-14(23)11(13(22)19-15(21)24)6-18-20-7-16-17-8-20/h3-8,23H,1-2H3,(H,19,22,24)/b18-6+. The van der Waals surface area contributed by atoms with E-state index in [9.17, 15) is 14.7 Å². The molecule has 0 bridgehead atoms. The number of aromatic amines is 1. The van der Waals surface area contributed by atoms with Crippen molar-refractivity contribution >= 4 is 6.21 Å². The van der Waals surface area contributed by atoms with Crippen LogP contribution in [0.3, 0.4) is 0 Å². The van der Waals surface area contributed by atoms with Gasteiger partial charge in [0.15, 0.2) is 0 Å². The molecule has 0 aliphatic carbocycles. The van der Waals surface area contributed by atoms with Gasteiger partial charge in [0, 0.05) is 0 Å². The second-order valence-electron chi connectivity index (χ2n) is 5.14. The van der Waals surface area contributed by atoms with Crippen LogP contribution in [0.25, 0.3) is 5.69 Å². The summed E-state index contributed by atoms with van der Waals surface area (Å²) in [7, 11) is 0. The van der Waals surface area contributed by atoms with E-state index in [4.69, 9.17) is 0 Å². The van der Waals surface area contributed by atoms with Gasteiger partial charge in [-0.05, 0) is 31.0 Å². The van der Waals surface area contributed by atoms with Crippen LogP contribution in [0, 0.1) is 13.8 Å². The zero-order chi connectivity index (χ0) is 17.3. The molecule has 0 aliphatic heterocycles.